The lowest BCUT2D eigenvalue weighted by Crippen LogP contribution is -2.32. The van der Waals surface area contributed by atoms with E-state index in [2.05, 4.69) is 4.90 Å². The topological polar surface area (TPSA) is 66.6 Å². The van der Waals surface area contributed by atoms with E-state index >= 15 is 0 Å². The number of rotatable bonds is 8. The summed E-state index contributed by atoms with van der Waals surface area (Å²) >= 11 is 1.28. The smallest absolute Gasteiger partial charge is 0.252 e. The van der Waals surface area contributed by atoms with Crippen molar-refractivity contribution >= 4 is 21.4 Å². The van der Waals surface area contributed by atoms with Gasteiger partial charge < -0.3 is 10.6 Å². The molecule has 0 saturated heterocycles. The summed E-state index contributed by atoms with van der Waals surface area (Å²) in [5.41, 5.74) is 6.58. The number of sulfonamides is 1. The molecule has 1 rings (SSSR count). The zero-order valence-corrected chi connectivity index (χ0v) is 14.4. The van der Waals surface area contributed by atoms with Gasteiger partial charge in [-0.3, -0.25) is 0 Å². The van der Waals surface area contributed by atoms with E-state index in [9.17, 15) is 8.42 Å². The molecule has 0 bridgehead atoms. The third-order valence-electron chi connectivity index (χ3n) is 3.14. The first-order valence-electron chi connectivity index (χ1n) is 6.77. The SMILES string of the molecule is CCN(CCCN(C)C)S(=O)(=O)c1cc(C)c(CN)s1. The molecule has 20 heavy (non-hydrogen) atoms. The van der Waals surface area contributed by atoms with Crippen molar-refractivity contribution in [1.29, 1.82) is 0 Å². The number of aryl methyl sites for hydroxylation is 1. The van der Waals surface area contributed by atoms with E-state index in [-0.39, 0.29) is 0 Å². The van der Waals surface area contributed by atoms with Gasteiger partial charge in [-0.05, 0) is 45.6 Å². The van der Waals surface area contributed by atoms with Crippen molar-refractivity contribution in [3.05, 3.63) is 16.5 Å². The highest BCUT2D eigenvalue weighted by molar-refractivity contribution is 7.91. The minimum atomic E-state index is -3.38. The Labute approximate surface area is 126 Å². The molecular weight excluding hydrogens is 294 g/mol. The van der Waals surface area contributed by atoms with Gasteiger partial charge in [-0.25, -0.2) is 8.42 Å². The largest absolute Gasteiger partial charge is 0.326 e. The lowest BCUT2D eigenvalue weighted by Gasteiger charge is -2.20. The van der Waals surface area contributed by atoms with E-state index in [1.807, 2.05) is 27.9 Å². The average molecular weight is 319 g/mol. The van der Waals surface area contributed by atoms with Crippen LogP contribution in [0.5, 0.6) is 0 Å². The summed E-state index contributed by atoms with van der Waals surface area (Å²) in [6, 6.07) is 1.73. The van der Waals surface area contributed by atoms with E-state index < -0.39 is 10.0 Å². The minimum Gasteiger partial charge on any atom is -0.326 e. The van der Waals surface area contributed by atoms with Crippen molar-refractivity contribution in [3.8, 4) is 0 Å². The summed E-state index contributed by atoms with van der Waals surface area (Å²) in [7, 11) is 0.591. The second kappa shape index (κ2) is 7.51. The Morgan fingerprint density at radius 1 is 1.30 bits per heavy atom. The van der Waals surface area contributed by atoms with Gasteiger partial charge in [-0.15, -0.1) is 11.3 Å². The van der Waals surface area contributed by atoms with Gasteiger partial charge in [0.2, 0.25) is 0 Å². The van der Waals surface area contributed by atoms with Crippen molar-refractivity contribution in [2.24, 2.45) is 5.73 Å². The van der Waals surface area contributed by atoms with Crippen LogP contribution in [-0.4, -0.2) is 51.4 Å². The molecule has 0 spiro atoms. The summed E-state index contributed by atoms with van der Waals surface area (Å²) in [4.78, 5) is 3.00. The Morgan fingerprint density at radius 3 is 2.40 bits per heavy atom. The number of nitrogens with two attached hydrogens (primary N) is 1. The number of nitrogens with zero attached hydrogens (tertiary/aromatic N) is 2. The first-order chi connectivity index (χ1) is 9.32. The number of hydrogen-bond acceptors (Lipinski definition) is 5. The average Bonchev–Trinajstić information content (AvgIpc) is 2.76. The molecule has 0 unspecified atom stereocenters. The van der Waals surface area contributed by atoms with E-state index in [0.29, 0.717) is 23.8 Å². The fourth-order valence-electron chi connectivity index (χ4n) is 1.96. The van der Waals surface area contributed by atoms with Gasteiger partial charge in [0.25, 0.3) is 10.0 Å². The Hall–Kier alpha value is -0.470. The molecule has 0 fully saturated rings. The van der Waals surface area contributed by atoms with E-state index in [4.69, 9.17) is 5.73 Å². The van der Waals surface area contributed by atoms with Gasteiger partial charge in [-0.1, -0.05) is 6.92 Å². The van der Waals surface area contributed by atoms with Gasteiger partial charge in [0, 0.05) is 24.5 Å². The highest BCUT2D eigenvalue weighted by Crippen LogP contribution is 2.28. The predicted molar refractivity (Wildman–Crippen MR) is 84.6 cm³/mol. The quantitative estimate of drug-likeness (QED) is 0.788. The first kappa shape index (κ1) is 17.6. The third-order valence-corrected chi connectivity index (χ3v) is 6.83. The molecule has 0 amide bonds. The lowest BCUT2D eigenvalue weighted by molar-refractivity contribution is 0.356. The van der Waals surface area contributed by atoms with Crippen LogP contribution in [0.3, 0.4) is 0 Å². The molecule has 0 radical (unpaired) electrons. The number of hydrogen-bond donors (Lipinski definition) is 1. The van der Waals surface area contributed by atoms with Crippen LogP contribution in [0.1, 0.15) is 23.8 Å². The fourth-order valence-corrected chi connectivity index (χ4v) is 5.07. The van der Waals surface area contributed by atoms with Crippen LogP contribution in [0.2, 0.25) is 0 Å². The molecule has 7 heteroatoms. The van der Waals surface area contributed by atoms with Crippen LogP contribution < -0.4 is 5.73 Å². The molecule has 2 N–H and O–H groups in total. The van der Waals surface area contributed by atoms with Gasteiger partial charge in [0.1, 0.15) is 4.21 Å². The maximum absolute atomic E-state index is 12.6. The molecule has 0 aliphatic carbocycles. The minimum absolute atomic E-state index is 0.388. The van der Waals surface area contributed by atoms with Crippen LogP contribution in [0.4, 0.5) is 0 Å². The molecule has 0 saturated carbocycles. The van der Waals surface area contributed by atoms with E-state index in [1.54, 1.807) is 10.4 Å². The van der Waals surface area contributed by atoms with E-state index in [1.165, 1.54) is 11.3 Å². The van der Waals surface area contributed by atoms with Crippen LogP contribution >= 0.6 is 11.3 Å². The summed E-state index contributed by atoms with van der Waals surface area (Å²) in [6.45, 7) is 6.08. The summed E-state index contributed by atoms with van der Waals surface area (Å²) in [5, 5.41) is 0. The maximum atomic E-state index is 12.6. The second-order valence-electron chi connectivity index (χ2n) is 5.03. The Bertz CT molecular complexity index is 524. The molecule has 0 atom stereocenters. The standard InChI is InChI=1S/C13H25N3O2S2/c1-5-16(8-6-7-15(3)4)20(17,18)13-9-11(2)12(10-14)19-13/h9H,5-8,10,14H2,1-4H3. The normalized spacial score (nSPS) is 12.6. The van der Waals surface area contributed by atoms with Crippen LogP contribution in [-0.2, 0) is 16.6 Å². The van der Waals surface area contributed by atoms with Crippen LogP contribution in [0.15, 0.2) is 10.3 Å². The van der Waals surface area contributed by atoms with Crippen molar-refractivity contribution in [3.63, 3.8) is 0 Å². The zero-order valence-electron chi connectivity index (χ0n) is 12.7. The fraction of sp³-hybridized carbons (Fsp3) is 0.692. The van der Waals surface area contributed by atoms with Crippen molar-refractivity contribution in [2.45, 2.75) is 31.0 Å². The number of thiophene rings is 1. The summed E-state index contributed by atoms with van der Waals surface area (Å²) < 4.78 is 27.2. The Balaban J connectivity index is 2.88. The highest BCUT2D eigenvalue weighted by Gasteiger charge is 2.25. The molecule has 1 aromatic heterocycles. The van der Waals surface area contributed by atoms with Crippen molar-refractivity contribution in [2.75, 3.05) is 33.7 Å². The molecule has 5 nitrogen and oxygen atoms in total. The highest BCUT2D eigenvalue weighted by atomic mass is 32.2. The molecule has 1 heterocycles. The molecular formula is C13H25N3O2S2. The Kier molecular flexibility index (Phi) is 6.60. The monoisotopic (exact) mass is 319 g/mol. The van der Waals surface area contributed by atoms with Gasteiger partial charge >= 0.3 is 0 Å². The summed E-state index contributed by atoms with van der Waals surface area (Å²) in [5.74, 6) is 0. The first-order valence-corrected chi connectivity index (χ1v) is 9.02. The molecule has 116 valence electrons. The Morgan fingerprint density at radius 2 is 1.95 bits per heavy atom. The lowest BCUT2D eigenvalue weighted by atomic mass is 10.3. The van der Waals surface area contributed by atoms with Crippen molar-refractivity contribution in [1.82, 2.24) is 9.21 Å². The maximum Gasteiger partial charge on any atom is 0.252 e. The van der Waals surface area contributed by atoms with Gasteiger partial charge in [0.15, 0.2) is 0 Å². The third kappa shape index (κ3) is 4.26. The predicted octanol–water partition coefficient (Wildman–Crippen LogP) is 1.48. The molecule has 0 aromatic carbocycles. The zero-order chi connectivity index (χ0) is 15.3. The molecule has 1 aromatic rings. The van der Waals surface area contributed by atoms with Crippen LogP contribution in [0, 0.1) is 6.92 Å². The van der Waals surface area contributed by atoms with Gasteiger partial charge in [0.05, 0.1) is 0 Å². The molecule has 0 aliphatic heterocycles. The second-order valence-corrected chi connectivity index (χ2v) is 8.33. The van der Waals surface area contributed by atoms with Gasteiger partial charge in [-0.2, -0.15) is 4.31 Å². The van der Waals surface area contributed by atoms with Crippen molar-refractivity contribution < 1.29 is 8.42 Å². The van der Waals surface area contributed by atoms with Crippen LogP contribution in [0.25, 0.3) is 0 Å². The summed E-state index contributed by atoms with van der Waals surface area (Å²) in [6.07, 6.45) is 0.828. The molecule has 0 aliphatic rings. The van der Waals surface area contributed by atoms with E-state index in [0.717, 1.165) is 23.4 Å².